The molecule has 3 aromatic heterocycles. The molecule has 2 fully saturated rings. The Balaban J connectivity index is 1.06. The van der Waals surface area contributed by atoms with Gasteiger partial charge in [0.2, 0.25) is 11.3 Å². The smallest absolute Gasteiger partial charge is 0.341 e. The number of amides is 1. The first-order chi connectivity index (χ1) is 18.9. The number of fused-ring (bicyclic) bond motifs is 2. The Morgan fingerprint density at radius 3 is 2.72 bits per heavy atom. The molecule has 3 aromatic rings. The summed E-state index contributed by atoms with van der Waals surface area (Å²) < 4.78 is 16.7. The van der Waals surface area contributed by atoms with E-state index in [-0.39, 0.29) is 34.8 Å². The number of carbonyl (C=O) groups is 2. The Kier molecular flexibility index (Phi) is 6.94. The molecule has 6 rings (SSSR count). The quantitative estimate of drug-likeness (QED) is 0.327. The fourth-order valence-electron chi connectivity index (χ4n) is 5.23. The van der Waals surface area contributed by atoms with E-state index >= 15 is 4.39 Å². The maximum absolute atomic E-state index is 15.0. The maximum Gasteiger partial charge on any atom is 0.341 e. The number of aromatic nitrogens is 4. The van der Waals surface area contributed by atoms with Crippen LogP contribution in [0.15, 0.2) is 28.3 Å². The molecule has 1 aliphatic heterocycles. The topological polar surface area (TPSA) is 151 Å². The summed E-state index contributed by atoms with van der Waals surface area (Å²) in [7, 11) is 0. The van der Waals surface area contributed by atoms with E-state index in [1.54, 1.807) is 10.8 Å². The molecule has 0 atom stereocenters. The summed E-state index contributed by atoms with van der Waals surface area (Å²) >= 11 is 1.38. The Bertz CT molecular complexity index is 1520. The van der Waals surface area contributed by atoms with Crippen molar-refractivity contribution in [1.29, 1.82) is 0 Å². The molecular weight excluding hydrogens is 525 g/mol. The molecule has 0 bridgehead atoms. The molecular formula is C26H28FN7O4S. The Morgan fingerprint density at radius 1 is 1.18 bits per heavy atom. The summed E-state index contributed by atoms with van der Waals surface area (Å²) in [6.45, 7) is 1.37. The number of anilines is 2. The second kappa shape index (κ2) is 10.5. The molecule has 3 aliphatic rings. The average molecular weight is 554 g/mol. The minimum Gasteiger partial charge on any atom is -0.477 e. The van der Waals surface area contributed by atoms with Gasteiger partial charge in [0.25, 0.3) is 0 Å². The summed E-state index contributed by atoms with van der Waals surface area (Å²) in [4.78, 5) is 49.1. The van der Waals surface area contributed by atoms with Crippen molar-refractivity contribution >= 4 is 46.3 Å². The monoisotopic (exact) mass is 553 g/mol. The maximum atomic E-state index is 15.0. The number of carboxylic acid groups (broad SMARTS) is 1. The van der Waals surface area contributed by atoms with E-state index in [1.807, 2.05) is 0 Å². The molecule has 0 saturated heterocycles. The second-order valence-corrected chi connectivity index (χ2v) is 11.3. The standard InChI is InChI=1S/C26H28FN7O4S/c27-19-7-17-21(36)18(26(37)38)11-34(16-5-6-16)24(17)33-22(19)30-14-3-1-13(2-4-14)8-28-9-15-10-29-25-23(31-15)32-20(35)12-39-25/h7,10-11,13-14,16,28H,1-6,8-9,12H2,(H,30,33)(H,37,38)(H,31,32,35). The van der Waals surface area contributed by atoms with Gasteiger partial charge in [-0.05, 0) is 57.1 Å². The number of carboxylic acids is 1. The van der Waals surface area contributed by atoms with Gasteiger partial charge in [0.1, 0.15) is 16.2 Å². The van der Waals surface area contributed by atoms with Crippen LogP contribution in [-0.2, 0) is 11.3 Å². The van der Waals surface area contributed by atoms with Gasteiger partial charge in [0, 0.05) is 24.8 Å². The zero-order valence-corrected chi connectivity index (χ0v) is 21.9. The number of rotatable bonds is 8. The largest absolute Gasteiger partial charge is 0.477 e. The van der Waals surface area contributed by atoms with Crippen LogP contribution in [0, 0.1) is 11.7 Å². The van der Waals surface area contributed by atoms with Crippen LogP contribution in [0.2, 0.25) is 0 Å². The SMILES string of the molecule is O=C1CSc2ncc(CNCC3CCC(Nc4nc5c(cc4F)c(=O)c(C(=O)O)cn5C4CC4)CC3)nc2N1. The molecule has 39 heavy (non-hydrogen) atoms. The first-order valence-corrected chi connectivity index (χ1v) is 14.1. The van der Waals surface area contributed by atoms with Gasteiger partial charge < -0.3 is 25.6 Å². The van der Waals surface area contributed by atoms with Gasteiger partial charge in [-0.1, -0.05) is 11.8 Å². The van der Waals surface area contributed by atoms with E-state index in [4.69, 9.17) is 0 Å². The molecule has 2 saturated carbocycles. The second-order valence-electron chi connectivity index (χ2n) is 10.4. The van der Waals surface area contributed by atoms with Crippen molar-refractivity contribution in [3.63, 3.8) is 0 Å². The van der Waals surface area contributed by atoms with Crippen LogP contribution >= 0.6 is 11.8 Å². The Hall–Kier alpha value is -3.58. The molecule has 4 N–H and O–H groups in total. The fraction of sp³-hybridized carbons (Fsp3) is 0.462. The number of hydrogen-bond acceptors (Lipinski definition) is 9. The highest BCUT2D eigenvalue weighted by molar-refractivity contribution is 8.00. The van der Waals surface area contributed by atoms with Crippen molar-refractivity contribution in [3.8, 4) is 0 Å². The van der Waals surface area contributed by atoms with Crippen molar-refractivity contribution in [2.24, 2.45) is 5.92 Å². The van der Waals surface area contributed by atoms with Crippen LogP contribution in [0.5, 0.6) is 0 Å². The van der Waals surface area contributed by atoms with E-state index in [9.17, 15) is 19.5 Å². The molecule has 11 nitrogen and oxygen atoms in total. The van der Waals surface area contributed by atoms with Crippen molar-refractivity contribution in [1.82, 2.24) is 24.8 Å². The molecule has 4 heterocycles. The van der Waals surface area contributed by atoms with E-state index < -0.39 is 17.2 Å². The summed E-state index contributed by atoms with van der Waals surface area (Å²) in [5.74, 6) is -0.614. The average Bonchev–Trinajstić information content (AvgIpc) is 3.76. The lowest BCUT2D eigenvalue weighted by atomic mass is 9.86. The van der Waals surface area contributed by atoms with E-state index in [2.05, 4.69) is 30.9 Å². The van der Waals surface area contributed by atoms with Crippen molar-refractivity contribution in [2.75, 3.05) is 22.9 Å². The van der Waals surface area contributed by atoms with Crippen LogP contribution in [0.1, 0.15) is 60.6 Å². The van der Waals surface area contributed by atoms with Crippen LogP contribution in [0.25, 0.3) is 11.0 Å². The van der Waals surface area contributed by atoms with Crippen molar-refractivity contribution in [2.45, 2.75) is 62.2 Å². The number of nitrogens with zero attached hydrogens (tertiary/aromatic N) is 4. The summed E-state index contributed by atoms with van der Waals surface area (Å²) in [6, 6.07) is 1.24. The van der Waals surface area contributed by atoms with Gasteiger partial charge in [-0.25, -0.2) is 24.1 Å². The van der Waals surface area contributed by atoms with Crippen LogP contribution < -0.4 is 21.4 Å². The lowest BCUT2D eigenvalue weighted by molar-refractivity contribution is -0.113. The lowest BCUT2D eigenvalue weighted by Gasteiger charge is -2.29. The van der Waals surface area contributed by atoms with E-state index in [0.717, 1.165) is 61.9 Å². The highest BCUT2D eigenvalue weighted by Gasteiger charge is 2.29. The van der Waals surface area contributed by atoms with E-state index in [0.29, 0.717) is 29.7 Å². The number of carbonyl (C=O) groups excluding carboxylic acids is 1. The molecule has 0 aromatic carbocycles. The number of nitrogens with one attached hydrogen (secondary N) is 3. The highest BCUT2D eigenvalue weighted by atomic mass is 32.2. The van der Waals surface area contributed by atoms with Gasteiger partial charge in [-0.2, -0.15) is 0 Å². The predicted octanol–water partition coefficient (Wildman–Crippen LogP) is 3.16. The summed E-state index contributed by atoms with van der Waals surface area (Å²) in [5.41, 5.74) is 0.000625. The van der Waals surface area contributed by atoms with Crippen molar-refractivity contribution < 1.29 is 19.1 Å². The zero-order chi connectivity index (χ0) is 27.1. The molecule has 1 amide bonds. The zero-order valence-electron chi connectivity index (χ0n) is 21.1. The van der Waals surface area contributed by atoms with Gasteiger partial charge in [-0.15, -0.1) is 0 Å². The molecule has 13 heteroatoms. The van der Waals surface area contributed by atoms with Crippen LogP contribution in [-0.4, -0.2) is 54.8 Å². The lowest BCUT2D eigenvalue weighted by Crippen LogP contribution is -2.32. The van der Waals surface area contributed by atoms with Gasteiger partial charge in [-0.3, -0.25) is 9.59 Å². The van der Waals surface area contributed by atoms with Crippen LogP contribution in [0.4, 0.5) is 16.0 Å². The summed E-state index contributed by atoms with van der Waals surface area (Å²) in [6.07, 6.45) is 8.41. The van der Waals surface area contributed by atoms with Crippen molar-refractivity contribution in [3.05, 3.63) is 45.8 Å². The number of aromatic carboxylic acids is 1. The van der Waals surface area contributed by atoms with Gasteiger partial charge in [0.05, 0.1) is 23.0 Å². The molecule has 0 unspecified atom stereocenters. The normalized spacial score (nSPS) is 20.9. The molecule has 204 valence electrons. The third-order valence-electron chi connectivity index (χ3n) is 7.44. The van der Waals surface area contributed by atoms with Crippen LogP contribution in [0.3, 0.4) is 0 Å². The third kappa shape index (κ3) is 5.46. The molecule has 0 spiro atoms. The highest BCUT2D eigenvalue weighted by Crippen LogP contribution is 2.37. The molecule has 2 aliphatic carbocycles. The summed E-state index contributed by atoms with van der Waals surface area (Å²) in [5, 5.41) is 19.6. The number of halogens is 1. The number of thioether (sulfide) groups is 1. The minimum absolute atomic E-state index is 0.00983. The molecule has 0 radical (unpaired) electrons. The van der Waals surface area contributed by atoms with Gasteiger partial charge >= 0.3 is 5.97 Å². The predicted molar refractivity (Wildman–Crippen MR) is 144 cm³/mol. The fourth-order valence-corrected chi connectivity index (χ4v) is 5.93. The van der Waals surface area contributed by atoms with Gasteiger partial charge in [0.15, 0.2) is 17.5 Å². The third-order valence-corrected chi connectivity index (χ3v) is 8.42. The van der Waals surface area contributed by atoms with E-state index in [1.165, 1.54) is 18.0 Å². The Labute approximate surface area is 227 Å². The first kappa shape index (κ1) is 25.7. The minimum atomic E-state index is -1.33. The number of hydrogen-bond donors (Lipinski definition) is 4. The number of pyridine rings is 2. The first-order valence-electron chi connectivity index (χ1n) is 13.1. The Morgan fingerprint density at radius 2 is 1.97 bits per heavy atom.